The summed E-state index contributed by atoms with van der Waals surface area (Å²) in [5, 5.41) is 4.31. The lowest BCUT2D eigenvalue weighted by Crippen LogP contribution is -2.32. The third kappa shape index (κ3) is 1.86. The summed E-state index contributed by atoms with van der Waals surface area (Å²) in [5.74, 6) is 3.31. The number of nitrogens with two attached hydrogens (primary N) is 1. The summed E-state index contributed by atoms with van der Waals surface area (Å²) in [4.78, 5) is 11.1. The number of rotatable bonds is 1. The molecule has 2 aromatic rings. The molecule has 1 saturated carbocycles. The summed E-state index contributed by atoms with van der Waals surface area (Å²) >= 11 is 0. The van der Waals surface area contributed by atoms with E-state index in [1.165, 1.54) is 12.8 Å². The second kappa shape index (κ2) is 4.41. The van der Waals surface area contributed by atoms with Gasteiger partial charge in [0.25, 0.3) is 5.78 Å². The van der Waals surface area contributed by atoms with Crippen LogP contribution in [-0.4, -0.2) is 38.7 Å². The minimum atomic E-state index is 0.391. The average Bonchev–Trinajstić information content (AvgIpc) is 3.02. The van der Waals surface area contributed by atoms with Crippen LogP contribution in [0.25, 0.3) is 5.78 Å². The highest BCUT2D eigenvalue weighted by Crippen LogP contribution is 2.37. The Bertz CT molecular complexity index is 636. The zero-order valence-electron chi connectivity index (χ0n) is 11.7. The van der Waals surface area contributed by atoms with Gasteiger partial charge in [-0.3, -0.25) is 0 Å². The normalized spacial score (nSPS) is 29.9. The number of anilines is 1. The van der Waals surface area contributed by atoms with Crippen molar-refractivity contribution in [1.82, 2.24) is 19.6 Å². The zero-order chi connectivity index (χ0) is 13.7. The number of hydrogen-bond acceptors (Lipinski definition) is 5. The monoisotopic (exact) mass is 272 g/mol. The Morgan fingerprint density at radius 2 is 2.10 bits per heavy atom. The van der Waals surface area contributed by atoms with Crippen LogP contribution in [0.1, 0.15) is 25.0 Å². The van der Waals surface area contributed by atoms with Crippen molar-refractivity contribution in [3.05, 3.63) is 18.1 Å². The van der Waals surface area contributed by atoms with E-state index in [1.54, 1.807) is 6.33 Å². The first-order chi connectivity index (χ1) is 9.70. The highest BCUT2D eigenvalue weighted by atomic mass is 15.4. The van der Waals surface area contributed by atoms with Gasteiger partial charge in [-0.1, -0.05) is 0 Å². The van der Waals surface area contributed by atoms with Crippen LogP contribution >= 0.6 is 0 Å². The van der Waals surface area contributed by atoms with Gasteiger partial charge < -0.3 is 10.6 Å². The molecule has 6 nitrogen and oxygen atoms in total. The van der Waals surface area contributed by atoms with E-state index in [0.29, 0.717) is 11.8 Å². The van der Waals surface area contributed by atoms with Crippen LogP contribution in [0.15, 0.2) is 12.4 Å². The Labute approximate surface area is 118 Å². The van der Waals surface area contributed by atoms with Gasteiger partial charge in [-0.25, -0.2) is 4.98 Å². The molecular formula is C14H20N6. The molecular weight excluding hydrogens is 252 g/mol. The predicted molar refractivity (Wildman–Crippen MR) is 76.5 cm³/mol. The molecule has 1 aliphatic heterocycles. The molecule has 20 heavy (non-hydrogen) atoms. The maximum absolute atomic E-state index is 6.12. The van der Waals surface area contributed by atoms with Crippen molar-refractivity contribution in [2.24, 2.45) is 17.6 Å². The Morgan fingerprint density at radius 3 is 3.00 bits per heavy atom. The maximum Gasteiger partial charge on any atom is 0.254 e. The van der Waals surface area contributed by atoms with Crippen molar-refractivity contribution in [3.63, 3.8) is 0 Å². The molecule has 1 saturated heterocycles. The molecule has 106 valence electrons. The van der Waals surface area contributed by atoms with Crippen molar-refractivity contribution < 1.29 is 0 Å². The predicted octanol–water partition coefficient (Wildman–Crippen LogP) is 0.996. The first-order valence-electron chi connectivity index (χ1n) is 7.38. The molecule has 0 aromatic carbocycles. The number of aryl methyl sites for hydroxylation is 1. The molecule has 1 unspecified atom stereocenters. The van der Waals surface area contributed by atoms with Gasteiger partial charge in [-0.15, -0.1) is 0 Å². The van der Waals surface area contributed by atoms with Crippen LogP contribution in [0, 0.1) is 18.8 Å². The molecule has 0 spiro atoms. The fourth-order valence-electron chi connectivity index (χ4n) is 3.79. The van der Waals surface area contributed by atoms with Crippen LogP contribution in [0.2, 0.25) is 0 Å². The number of aromatic nitrogens is 4. The Hall–Kier alpha value is -1.69. The first kappa shape index (κ1) is 12.1. The van der Waals surface area contributed by atoms with Gasteiger partial charge in [0.15, 0.2) is 0 Å². The van der Waals surface area contributed by atoms with Crippen molar-refractivity contribution in [3.8, 4) is 0 Å². The molecule has 0 amide bonds. The van der Waals surface area contributed by atoms with Crippen LogP contribution in [0.4, 0.5) is 5.82 Å². The van der Waals surface area contributed by atoms with E-state index in [1.807, 2.05) is 11.4 Å². The summed E-state index contributed by atoms with van der Waals surface area (Å²) in [6.45, 7) is 4.20. The third-order valence-electron chi connectivity index (χ3n) is 4.78. The molecule has 6 heteroatoms. The largest absolute Gasteiger partial charge is 0.356 e. The van der Waals surface area contributed by atoms with Gasteiger partial charge >= 0.3 is 0 Å². The second-order valence-corrected chi connectivity index (χ2v) is 6.23. The average molecular weight is 272 g/mol. The fraction of sp³-hybridized carbons (Fsp3) is 0.643. The lowest BCUT2D eigenvalue weighted by Gasteiger charge is -2.27. The summed E-state index contributed by atoms with van der Waals surface area (Å²) in [7, 11) is 0. The van der Waals surface area contributed by atoms with Crippen molar-refractivity contribution in [2.75, 3.05) is 18.0 Å². The Balaban J connectivity index is 1.68. The van der Waals surface area contributed by atoms with Gasteiger partial charge in [-0.2, -0.15) is 14.6 Å². The maximum atomic E-state index is 6.12. The van der Waals surface area contributed by atoms with E-state index in [0.717, 1.165) is 42.9 Å². The Kier molecular flexibility index (Phi) is 2.66. The summed E-state index contributed by atoms with van der Waals surface area (Å²) < 4.78 is 1.85. The number of hydrogen-bond donors (Lipinski definition) is 1. The summed E-state index contributed by atoms with van der Waals surface area (Å²) in [6.07, 6.45) is 5.16. The van der Waals surface area contributed by atoms with Gasteiger partial charge in [0, 0.05) is 30.9 Å². The van der Waals surface area contributed by atoms with Gasteiger partial charge in [0.05, 0.1) is 0 Å². The van der Waals surface area contributed by atoms with Gasteiger partial charge in [-0.05, 0) is 38.0 Å². The van der Waals surface area contributed by atoms with Crippen LogP contribution in [0.5, 0.6) is 0 Å². The van der Waals surface area contributed by atoms with Crippen LogP contribution in [-0.2, 0) is 0 Å². The molecule has 3 atom stereocenters. The van der Waals surface area contributed by atoms with Crippen molar-refractivity contribution >= 4 is 11.6 Å². The van der Waals surface area contributed by atoms with Crippen LogP contribution in [0.3, 0.4) is 0 Å². The smallest absolute Gasteiger partial charge is 0.254 e. The molecule has 3 heterocycles. The van der Waals surface area contributed by atoms with E-state index in [-0.39, 0.29) is 0 Å². The number of fused-ring (bicyclic) bond motifs is 2. The molecule has 0 radical (unpaired) electrons. The summed E-state index contributed by atoms with van der Waals surface area (Å²) in [5.41, 5.74) is 7.11. The van der Waals surface area contributed by atoms with E-state index >= 15 is 0 Å². The molecule has 4 rings (SSSR count). The summed E-state index contributed by atoms with van der Waals surface area (Å²) in [6, 6.07) is 2.50. The van der Waals surface area contributed by atoms with E-state index in [4.69, 9.17) is 5.73 Å². The quantitative estimate of drug-likeness (QED) is 0.838. The van der Waals surface area contributed by atoms with Gasteiger partial charge in [0.2, 0.25) is 0 Å². The van der Waals surface area contributed by atoms with Gasteiger partial charge in [0.1, 0.15) is 12.1 Å². The van der Waals surface area contributed by atoms with E-state index in [9.17, 15) is 0 Å². The molecule has 2 aromatic heterocycles. The first-order valence-corrected chi connectivity index (χ1v) is 7.38. The zero-order valence-corrected chi connectivity index (χ0v) is 11.7. The fourth-order valence-corrected chi connectivity index (χ4v) is 3.79. The molecule has 0 bridgehead atoms. The molecule has 2 aliphatic rings. The lowest BCUT2D eigenvalue weighted by atomic mass is 9.79. The number of nitrogens with zero attached hydrogens (tertiary/aromatic N) is 5. The van der Waals surface area contributed by atoms with E-state index < -0.39 is 0 Å². The van der Waals surface area contributed by atoms with Crippen LogP contribution < -0.4 is 10.6 Å². The second-order valence-electron chi connectivity index (χ2n) is 6.23. The molecule has 2 fully saturated rings. The highest BCUT2D eigenvalue weighted by molar-refractivity contribution is 5.48. The molecule has 1 aliphatic carbocycles. The van der Waals surface area contributed by atoms with Crippen molar-refractivity contribution in [2.45, 2.75) is 32.2 Å². The third-order valence-corrected chi connectivity index (χ3v) is 4.78. The lowest BCUT2D eigenvalue weighted by molar-refractivity contribution is 0.271. The van der Waals surface area contributed by atoms with Crippen molar-refractivity contribution in [1.29, 1.82) is 0 Å². The van der Waals surface area contributed by atoms with E-state index in [2.05, 4.69) is 26.0 Å². The molecule has 2 N–H and O–H groups in total. The SMILES string of the molecule is Cc1cc(N2C[C@H]3CCC(N)C[C@H]3C2)n2ncnc2n1. The highest BCUT2D eigenvalue weighted by Gasteiger charge is 2.37. The standard InChI is InChI=1S/C14H20N6/c1-9-4-13(20-14(18-9)16-8-17-20)19-6-10-2-3-12(15)5-11(10)7-19/h4,8,10-12H,2-3,5-7,15H2,1H3/t10-,11+,12?/m1/s1. The Morgan fingerprint density at radius 1 is 1.25 bits per heavy atom. The minimum absolute atomic E-state index is 0.391. The topological polar surface area (TPSA) is 72.3 Å². The minimum Gasteiger partial charge on any atom is -0.356 e.